The predicted molar refractivity (Wildman–Crippen MR) is 122 cm³/mol. The Kier molecular flexibility index (Phi) is 9.45. The maximum atomic E-state index is 12.2. The van der Waals surface area contributed by atoms with Crippen LogP contribution in [0.1, 0.15) is 49.5 Å². The molecule has 2 N–H and O–H groups in total. The van der Waals surface area contributed by atoms with Crippen LogP contribution >= 0.6 is 0 Å². The van der Waals surface area contributed by atoms with Crippen LogP contribution in [0.3, 0.4) is 0 Å². The Hall–Kier alpha value is -2.08. The van der Waals surface area contributed by atoms with E-state index in [0.29, 0.717) is 12.0 Å². The molecular formula is C23H39N5O. The molecule has 0 aliphatic carbocycles. The highest BCUT2D eigenvalue weighted by molar-refractivity contribution is 5.94. The van der Waals surface area contributed by atoms with Gasteiger partial charge in [-0.1, -0.05) is 26.0 Å². The lowest BCUT2D eigenvalue weighted by Gasteiger charge is -2.29. The van der Waals surface area contributed by atoms with Crippen molar-refractivity contribution < 1.29 is 4.79 Å². The van der Waals surface area contributed by atoms with E-state index < -0.39 is 0 Å². The predicted octanol–water partition coefficient (Wildman–Crippen LogP) is 2.61. The highest BCUT2D eigenvalue weighted by atomic mass is 16.2. The molecule has 0 aromatic heterocycles. The molecule has 1 aromatic carbocycles. The average Bonchev–Trinajstić information content (AvgIpc) is 3.21. The zero-order valence-electron chi connectivity index (χ0n) is 18.9. The largest absolute Gasteiger partial charge is 0.357 e. The van der Waals surface area contributed by atoms with Gasteiger partial charge in [0.2, 0.25) is 0 Å². The van der Waals surface area contributed by atoms with Crippen molar-refractivity contribution in [3.63, 3.8) is 0 Å². The van der Waals surface area contributed by atoms with Crippen LogP contribution in [0.4, 0.5) is 0 Å². The molecular weight excluding hydrogens is 362 g/mol. The number of nitrogens with one attached hydrogen (secondary N) is 2. The van der Waals surface area contributed by atoms with Crippen LogP contribution in [-0.4, -0.2) is 74.5 Å². The van der Waals surface area contributed by atoms with Crippen LogP contribution in [0.5, 0.6) is 0 Å². The number of likely N-dealkylation sites (tertiary alicyclic amines) is 1. The molecule has 0 saturated carbocycles. The Labute approximate surface area is 176 Å². The molecule has 1 unspecified atom stereocenters. The first kappa shape index (κ1) is 23.2. The summed E-state index contributed by atoms with van der Waals surface area (Å²) < 4.78 is 0. The number of hydrogen-bond acceptors (Lipinski definition) is 3. The molecule has 1 amide bonds. The number of hydrogen-bond donors (Lipinski definition) is 2. The van der Waals surface area contributed by atoms with Gasteiger partial charge in [-0.15, -0.1) is 0 Å². The smallest absolute Gasteiger partial charge is 0.253 e. The van der Waals surface area contributed by atoms with Gasteiger partial charge >= 0.3 is 0 Å². The molecule has 0 radical (unpaired) electrons. The number of aliphatic imine (C=N–C) groups is 1. The summed E-state index contributed by atoms with van der Waals surface area (Å²) in [6, 6.07) is 8.38. The van der Waals surface area contributed by atoms with Gasteiger partial charge in [0.05, 0.1) is 6.54 Å². The lowest BCUT2D eigenvalue weighted by molar-refractivity contribution is 0.0827. The van der Waals surface area contributed by atoms with Gasteiger partial charge < -0.3 is 15.5 Å². The summed E-state index contributed by atoms with van der Waals surface area (Å²) in [5, 5.41) is 6.81. The normalized spacial score (nSPS) is 16.1. The standard InChI is InChI=1S/C23H39N5O/c1-6-24-23(26-17-21(18(2)3)28-14-7-8-15-28)25-13-12-19-10-9-11-20(16-19)22(29)27(4)5/h9-11,16,18,21H,6-8,12-15,17H2,1-5H3,(H2,24,25,26). The zero-order valence-corrected chi connectivity index (χ0v) is 18.9. The molecule has 162 valence electrons. The van der Waals surface area contributed by atoms with E-state index in [1.54, 1.807) is 19.0 Å². The minimum absolute atomic E-state index is 0.0383. The fourth-order valence-electron chi connectivity index (χ4n) is 3.79. The van der Waals surface area contributed by atoms with Crippen LogP contribution in [0.2, 0.25) is 0 Å². The highest BCUT2D eigenvalue weighted by Gasteiger charge is 2.24. The second kappa shape index (κ2) is 11.8. The van der Waals surface area contributed by atoms with Crippen molar-refractivity contribution in [2.24, 2.45) is 10.9 Å². The van der Waals surface area contributed by atoms with E-state index in [1.807, 2.05) is 18.2 Å². The average molecular weight is 402 g/mol. The lowest BCUT2D eigenvalue weighted by atomic mass is 10.0. The molecule has 1 aliphatic heterocycles. The van der Waals surface area contributed by atoms with Gasteiger partial charge in [0.1, 0.15) is 0 Å². The van der Waals surface area contributed by atoms with E-state index >= 15 is 0 Å². The summed E-state index contributed by atoms with van der Waals surface area (Å²) in [5.74, 6) is 1.51. The molecule has 1 atom stereocenters. The SMILES string of the molecule is CCNC(=NCC(C(C)C)N1CCCC1)NCCc1cccc(C(=O)N(C)C)c1. The number of carbonyl (C=O) groups excluding carboxylic acids is 1. The second-order valence-electron chi connectivity index (χ2n) is 8.35. The van der Waals surface area contributed by atoms with Crippen LogP contribution in [-0.2, 0) is 6.42 Å². The number of nitrogens with zero attached hydrogens (tertiary/aromatic N) is 3. The minimum Gasteiger partial charge on any atom is -0.357 e. The number of guanidine groups is 1. The fourth-order valence-corrected chi connectivity index (χ4v) is 3.79. The van der Waals surface area contributed by atoms with Crippen molar-refractivity contribution in [2.45, 2.75) is 46.1 Å². The van der Waals surface area contributed by atoms with Crippen molar-refractivity contribution in [2.75, 3.05) is 46.8 Å². The molecule has 6 nitrogen and oxygen atoms in total. The first-order chi connectivity index (χ1) is 13.9. The summed E-state index contributed by atoms with van der Waals surface area (Å²) in [4.78, 5) is 21.2. The molecule has 29 heavy (non-hydrogen) atoms. The topological polar surface area (TPSA) is 60.0 Å². The first-order valence-corrected chi connectivity index (χ1v) is 11.0. The van der Waals surface area contributed by atoms with Crippen molar-refractivity contribution in [1.29, 1.82) is 0 Å². The van der Waals surface area contributed by atoms with Gasteiger partial charge in [-0.2, -0.15) is 0 Å². The third-order valence-electron chi connectivity index (χ3n) is 5.45. The number of benzene rings is 1. The molecule has 1 aliphatic rings. The van der Waals surface area contributed by atoms with E-state index in [1.165, 1.54) is 25.9 Å². The third kappa shape index (κ3) is 7.35. The number of carbonyl (C=O) groups is 1. The van der Waals surface area contributed by atoms with E-state index in [0.717, 1.165) is 43.1 Å². The highest BCUT2D eigenvalue weighted by Crippen LogP contribution is 2.18. The minimum atomic E-state index is 0.0383. The molecule has 6 heteroatoms. The van der Waals surface area contributed by atoms with Crippen molar-refractivity contribution in [3.05, 3.63) is 35.4 Å². The molecule has 2 rings (SSSR count). The van der Waals surface area contributed by atoms with Crippen LogP contribution < -0.4 is 10.6 Å². The van der Waals surface area contributed by atoms with Crippen LogP contribution in [0.15, 0.2) is 29.3 Å². The third-order valence-corrected chi connectivity index (χ3v) is 5.45. The summed E-state index contributed by atoms with van der Waals surface area (Å²) >= 11 is 0. The Morgan fingerprint density at radius 2 is 1.93 bits per heavy atom. The van der Waals surface area contributed by atoms with Crippen molar-refractivity contribution in [3.8, 4) is 0 Å². The van der Waals surface area contributed by atoms with Gasteiger partial charge in [0, 0.05) is 38.8 Å². The van der Waals surface area contributed by atoms with Crippen molar-refractivity contribution in [1.82, 2.24) is 20.4 Å². The Morgan fingerprint density at radius 3 is 2.55 bits per heavy atom. The van der Waals surface area contributed by atoms with E-state index in [9.17, 15) is 4.79 Å². The Bertz CT molecular complexity index is 665. The summed E-state index contributed by atoms with van der Waals surface area (Å²) in [6.07, 6.45) is 3.46. The van der Waals surface area contributed by atoms with Gasteiger partial charge in [0.25, 0.3) is 5.91 Å². The molecule has 0 bridgehead atoms. The Balaban J connectivity index is 1.92. The fraction of sp³-hybridized carbons (Fsp3) is 0.652. The monoisotopic (exact) mass is 401 g/mol. The first-order valence-electron chi connectivity index (χ1n) is 11.0. The van der Waals surface area contributed by atoms with E-state index in [2.05, 4.69) is 42.4 Å². The molecule has 1 heterocycles. The molecule has 1 fully saturated rings. The molecule has 0 spiro atoms. The van der Waals surface area contributed by atoms with Crippen LogP contribution in [0, 0.1) is 5.92 Å². The zero-order chi connectivity index (χ0) is 21.2. The van der Waals surface area contributed by atoms with Gasteiger partial charge in [0.15, 0.2) is 5.96 Å². The maximum Gasteiger partial charge on any atom is 0.253 e. The maximum absolute atomic E-state index is 12.2. The summed E-state index contributed by atoms with van der Waals surface area (Å²) in [6.45, 7) is 11.5. The van der Waals surface area contributed by atoms with E-state index in [4.69, 9.17) is 4.99 Å². The van der Waals surface area contributed by atoms with Gasteiger partial charge in [-0.25, -0.2) is 0 Å². The van der Waals surface area contributed by atoms with Crippen LogP contribution in [0.25, 0.3) is 0 Å². The molecule has 1 saturated heterocycles. The quantitative estimate of drug-likeness (QED) is 0.493. The Morgan fingerprint density at radius 1 is 1.21 bits per heavy atom. The number of rotatable bonds is 9. The number of amides is 1. The molecule has 1 aromatic rings. The van der Waals surface area contributed by atoms with Crippen molar-refractivity contribution >= 4 is 11.9 Å². The summed E-state index contributed by atoms with van der Waals surface area (Å²) in [7, 11) is 3.56. The van der Waals surface area contributed by atoms with Gasteiger partial charge in [-0.3, -0.25) is 14.7 Å². The lowest BCUT2D eigenvalue weighted by Crippen LogP contribution is -2.42. The summed E-state index contributed by atoms with van der Waals surface area (Å²) in [5.41, 5.74) is 1.89. The second-order valence-corrected chi connectivity index (χ2v) is 8.35. The van der Waals surface area contributed by atoms with E-state index in [-0.39, 0.29) is 5.91 Å². The van der Waals surface area contributed by atoms with Gasteiger partial charge in [-0.05, 0) is 62.9 Å².